The van der Waals surface area contributed by atoms with Gasteiger partial charge in [-0.25, -0.2) is 0 Å². The van der Waals surface area contributed by atoms with Crippen LogP contribution in [-0.2, 0) is 9.53 Å². The molecule has 0 amide bonds. The zero-order valence-electron chi connectivity index (χ0n) is 16.9. The predicted molar refractivity (Wildman–Crippen MR) is 110 cm³/mol. The average Bonchev–Trinajstić information content (AvgIpc) is 2.75. The summed E-state index contributed by atoms with van der Waals surface area (Å²) in [6.45, 7) is 6.10. The van der Waals surface area contributed by atoms with Gasteiger partial charge in [-0.3, -0.25) is 14.7 Å². The zero-order valence-corrected chi connectivity index (χ0v) is 16.9. The molecule has 2 aromatic rings. The van der Waals surface area contributed by atoms with Gasteiger partial charge in [-0.05, 0) is 74.8 Å². The summed E-state index contributed by atoms with van der Waals surface area (Å²) in [5, 5.41) is 2.38. The Morgan fingerprint density at radius 1 is 1.21 bits per heavy atom. The molecule has 0 N–H and O–H groups in total. The number of carbonyl (C=O) groups is 1. The molecule has 2 saturated heterocycles. The third-order valence-electron chi connectivity index (χ3n) is 6.43. The monoisotopic (exact) mass is 382 g/mol. The average molecular weight is 383 g/mol. The summed E-state index contributed by atoms with van der Waals surface area (Å²) in [7, 11) is 1.72. The lowest BCUT2D eigenvalue weighted by molar-refractivity contribution is -0.127. The second-order valence-corrected chi connectivity index (χ2v) is 8.13. The summed E-state index contributed by atoms with van der Waals surface area (Å²) in [5.41, 5.74) is 2.34. The van der Waals surface area contributed by atoms with E-state index in [0.717, 1.165) is 63.1 Å². The molecule has 2 aliphatic heterocycles. The van der Waals surface area contributed by atoms with Crippen LogP contribution in [0.15, 0.2) is 24.4 Å². The Morgan fingerprint density at radius 3 is 2.68 bits per heavy atom. The Bertz CT molecular complexity index is 837. The number of carbonyl (C=O) groups excluding carboxylic acids is 1. The first-order valence-corrected chi connectivity index (χ1v) is 10.4. The Balaban J connectivity index is 1.39. The van der Waals surface area contributed by atoms with Gasteiger partial charge >= 0.3 is 0 Å². The molecule has 2 fully saturated rings. The third-order valence-corrected chi connectivity index (χ3v) is 6.43. The molecule has 5 heteroatoms. The van der Waals surface area contributed by atoms with Gasteiger partial charge < -0.3 is 9.47 Å². The van der Waals surface area contributed by atoms with Crippen molar-refractivity contribution in [1.82, 2.24) is 9.88 Å². The van der Waals surface area contributed by atoms with Crippen molar-refractivity contribution in [1.29, 1.82) is 0 Å². The lowest BCUT2D eigenvalue weighted by atomic mass is 9.90. The van der Waals surface area contributed by atoms with E-state index in [4.69, 9.17) is 14.5 Å². The van der Waals surface area contributed by atoms with Crippen LogP contribution in [0.3, 0.4) is 0 Å². The number of methoxy groups -OCH3 is 1. The van der Waals surface area contributed by atoms with Crippen LogP contribution in [-0.4, -0.2) is 55.6 Å². The Morgan fingerprint density at radius 2 is 1.96 bits per heavy atom. The molecule has 150 valence electrons. The highest BCUT2D eigenvalue weighted by atomic mass is 16.5. The molecular formula is C23H30N2O3. The number of rotatable bonds is 5. The fourth-order valence-electron chi connectivity index (χ4n) is 4.56. The molecule has 0 unspecified atom stereocenters. The van der Waals surface area contributed by atoms with Gasteiger partial charge in [-0.15, -0.1) is 0 Å². The van der Waals surface area contributed by atoms with Gasteiger partial charge in [-0.2, -0.15) is 0 Å². The normalized spacial score (nSPS) is 19.8. The van der Waals surface area contributed by atoms with Crippen LogP contribution in [0.2, 0.25) is 0 Å². The topological polar surface area (TPSA) is 51.7 Å². The second-order valence-electron chi connectivity index (χ2n) is 8.13. The fraction of sp³-hybridized carbons (Fsp3) is 0.565. The van der Waals surface area contributed by atoms with E-state index in [2.05, 4.69) is 24.0 Å². The van der Waals surface area contributed by atoms with Crippen molar-refractivity contribution >= 4 is 16.6 Å². The molecule has 28 heavy (non-hydrogen) atoms. The Hall–Kier alpha value is -1.98. The molecule has 0 bridgehead atoms. The van der Waals surface area contributed by atoms with Crippen LogP contribution in [0, 0.1) is 12.8 Å². The molecule has 0 radical (unpaired) electrons. The molecule has 0 atom stereocenters. The third kappa shape index (κ3) is 4.06. The number of piperidine rings is 1. The number of benzene rings is 1. The van der Waals surface area contributed by atoms with Crippen LogP contribution in [0.1, 0.15) is 42.9 Å². The van der Waals surface area contributed by atoms with Gasteiger partial charge in [0.1, 0.15) is 11.5 Å². The molecule has 0 aliphatic carbocycles. The van der Waals surface area contributed by atoms with Gasteiger partial charge in [0.05, 0.1) is 13.7 Å². The number of likely N-dealkylation sites (tertiary alicyclic amines) is 1. The van der Waals surface area contributed by atoms with Crippen LogP contribution >= 0.6 is 0 Å². The minimum absolute atomic E-state index is 0.201. The van der Waals surface area contributed by atoms with Gasteiger partial charge in [0.15, 0.2) is 0 Å². The number of ketones is 1. The van der Waals surface area contributed by atoms with Gasteiger partial charge in [0, 0.05) is 42.3 Å². The van der Waals surface area contributed by atoms with Crippen molar-refractivity contribution in [3.05, 3.63) is 35.7 Å². The summed E-state index contributed by atoms with van der Waals surface area (Å²) in [5.74, 6) is 1.98. The summed E-state index contributed by atoms with van der Waals surface area (Å²) >= 11 is 0. The number of aromatic nitrogens is 1. The molecule has 1 aromatic carbocycles. The predicted octanol–water partition coefficient (Wildman–Crippen LogP) is 3.73. The first kappa shape index (κ1) is 19.3. The molecule has 1 aromatic heterocycles. The van der Waals surface area contributed by atoms with Crippen molar-refractivity contribution in [3.63, 3.8) is 0 Å². The maximum Gasteiger partial charge on any atom is 0.150 e. The van der Waals surface area contributed by atoms with Crippen molar-refractivity contribution < 1.29 is 14.3 Å². The molecule has 0 saturated carbocycles. The number of pyridine rings is 1. The number of Topliss-reactive ketones (excluding diaryl/α,β-unsaturated/α-hetero) is 1. The van der Waals surface area contributed by atoms with E-state index in [9.17, 15) is 4.79 Å². The summed E-state index contributed by atoms with van der Waals surface area (Å²) in [4.78, 5) is 19.6. The van der Waals surface area contributed by atoms with Gasteiger partial charge in [0.2, 0.25) is 0 Å². The summed E-state index contributed by atoms with van der Waals surface area (Å²) in [6.07, 6.45) is 5.88. The molecule has 2 aliphatic rings. The quantitative estimate of drug-likeness (QED) is 0.789. The first-order valence-electron chi connectivity index (χ1n) is 10.4. The number of nitrogens with zero attached hydrogens (tertiary/aromatic N) is 2. The molecule has 5 nitrogen and oxygen atoms in total. The van der Waals surface area contributed by atoms with E-state index in [-0.39, 0.29) is 5.92 Å². The van der Waals surface area contributed by atoms with Crippen LogP contribution in [0.5, 0.6) is 5.75 Å². The Labute approximate surface area is 167 Å². The van der Waals surface area contributed by atoms with E-state index in [0.29, 0.717) is 18.2 Å². The number of fused-ring (bicyclic) bond motifs is 1. The van der Waals surface area contributed by atoms with Crippen LogP contribution in [0.4, 0.5) is 0 Å². The minimum atomic E-state index is 0.201. The summed E-state index contributed by atoms with van der Waals surface area (Å²) < 4.78 is 10.8. The molecule has 4 rings (SSSR count). The van der Waals surface area contributed by atoms with Crippen molar-refractivity contribution in [2.75, 3.05) is 40.0 Å². The largest absolute Gasteiger partial charge is 0.496 e. The SMILES string of the molecule is COc1ccc2cnc(C3CCN(CC(=O)C4CCOCC4)CC3)cc2c1C. The van der Waals surface area contributed by atoms with Gasteiger partial charge in [-0.1, -0.05) is 0 Å². The highest BCUT2D eigenvalue weighted by Crippen LogP contribution is 2.32. The van der Waals surface area contributed by atoms with Gasteiger partial charge in [0.25, 0.3) is 0 Å². The lowest BCUT2D eigenvalue weighted by Crippen LogP contribution is -2.39. The standard InChI is InChI=1S/C23H30N2O3/c1-16-20-13-21(24-14-19(20)3-4-23(16)27-2)17-5-9-25(10-6-17)15-22(26)18-7-11-28-12-8-18/h3-4,13-14,17-18H,5-12,15H2,1-2H3. The lowest BCUT2D eigenvalue weighted by Gasteiger charge is -2.32. The maximum absolute atomic E-state index is 12.5. The maximum atomic E-state index is 12.5. The first-order chi connectivity index (χ1) is 13.7. The van der Waals surface area contributed by atoms with E-state index in [1.165, 1.54) is 16.6 Å². The second kappa shape index (κ2) is 8.58. The number of aryl methyl sites for hydroxylation is 1. The minimum Gasteiger partial charge on any atom is -0.496 e. The van der Waals surface area contributed by atoms with E-state index in [1.54, 1.807) is 7.11 Å². The summed E-state index contributed by atoms with van der Waals surface area (Å²) in [6, 6.07) is 6.32. The van der Waals surface area contributed by atoms with E-state index in [1.807, 2.05) is 12.3 Å². The molecule has 0 spiro atoms. The smallest absolute Gasteiger partial charge is 0.150 e. The van der Waals surface area contributed by atoms with Crippen molar-refractivity contribution in [2.24, 2.45) is 5.92 Å². The highest BCUT2D eigenvalue weighted by Gasteiger charge is 2.27. The van der Waals surface area contributed by atoms with Crippen molar-refractivity contribution in [3.8, 4) is 5.75 Å². The van der Waals surface area contributed by atoms with Crippen LogP contribution in [0.25, 0.3) is 10.8 Å². The zero-order chi connectivity index (χ0) is 19.5. The number of hydrogen-bond acceptors (Lipinski definition) is 5. The van der Waals surface area contributed by atoms with E-state index < -0.39 is 0 Å². The molecular weight excluding hydrogens is 352 g/mol. The highest BCUT2D eigenvalue weighted by molar-refractivity contribution is 5.87. The molecule has 3 heterocycles. The fourth-order valence-corrected chi connectivity index (χ4v) is 4.56. The number of ether oxygens (including phenoxy) is 2. The van der Waals surface area contributed by atoms with E-state index >= 15 is 0 Å². The Kier molecular flexibility index (Phi) is 5.93. The van der Waals surface area contributed by atoms with Crippen LogP contribution < -0.4 is 4.74 Å². The number of hydrogen-bond donors (Lipinski definition) is 0. The van der Waals surface area contributed by atoms with Crippen molar-refractivity contribution in [2.45, 2.75) is 38.5 Å².